The lowest BCUT2D eigenvalue weighted by Gasteiger charge is -2.06. The van der Waals surface area contributed by atoms with Gasteiger partial charge in [-0.3, -0.25) is 4.68 Å². The first kappa shape index (κ1) is 12.4. The van der Waals surface area contributed by atoms with Crippen LogP contribution in [0.1, 0.15) is 24.2 Å². The maximum absolute atomic E-state index is 9.41. The second-order valence-electron chi connectivity index (χ2n) is 3.85. The SMILES string of the molecule is CC(O)c1cnn(Cc2c(Cl)cccc2Cl)c1. The molecule has 1 aromatic heterocycles. The van der Waals surface area contributed by atoms with Gasteiger partial charge in [0, 0.05) is 27.4 Å². The van der Waals surface area contributed by atoms with E-state index in [1.165, 1.54) is 0 Å². The summed E-state index contributed by atoms with van der Waals surface area (Å²) in [6.07, 6.45) is 2.89. The van der Waals surface area contributed by atoms with Crippen molar-refractivity contribution in [3.8, 4) is 0 Å². The first-order valence-electron chi connectivity index (χ1n) is 5.21. The fourth-order valence-corrected chi connectivity index (χ4v) is 2.04. The van der Waals surface area contributed by atoms with Crippen LogP contribution < -0.4 is 0 Å². The van der Waals surface area contributed by atoms with Crippen molar-refractivity contribution in [3.05, 3.63) is 51.8 Å². The Bertz CT molecular complexity index is 503. The molecule has 0 aliphatic rings. The third-order valence-electron chi connectivity index (χ3n) is 2.52. The molecule has 0 fully saturated rings. The zero-order valence-corrected chi connectivity index (χ0v) is 10.8. The standard InChI is InChI=1S/C12H12Cl2N2O/c1-8(17)9-5-15-16(6-9)7-10-11(13)3-2-4-12(10)14/h2-6,8,17H,7H2,1H3. The highest BCUT2D eigenvalue weighted by atomic mass is 35.5. The summed E-state index contributed by atoms with van der Waals surface area (Å²) in [6.45, 7) is 2.19. The van der Waals surface area contributed by atoms with Gasteiger partial charge in [-0.1, -0.05) is 29.3 Å². The summed E-state index contributed by atoms with van der Waals surface area (Å²) in [7, 11) is 0. The lowest BCUT2D eigenvalue weighted by Crippen LogP contribution is -2.01. The molecule has 0 bridgehead atoms. The Balaban J connectivity index is 2.25. The van der Waals surface area contributed by atoms with Crippen LogP contribution in [0.25, 0.3) is 0 Å². The van der Waals surface area contributed by atoms with Crippen LogP contribution in [0.4, 0.5) is 0 Å². The predicted octanol–water partition coefficient (Wildman–Crippen LogP) is 3.29. The van der Waals surface area contributed by atoms with Gasteiger partial charge >= 0.3 is 0 Å². The van der Waals surface area contributed by atoms with Crippen LogP contribution >= 0.6 is 23.2 Å². The van der Waals surface area contributed by atoms with Crippen LogP contribution in [0, 0.1) is 0 Å². The topological polar surface area (TPSA) is 38.1 Å². The molecule has 0 saturated heterocycles. The molecule has 5 heteroatoms. The van der Waals surface area contributed by atoms with Crippen LogP contribution in [-0.4, -0.2) is 14.9 Å². The van der Waals surface area contributed by atoms with E-state index < -0.39 is 6.10 Å². The van der Waals surface area contributed by atoms with Gasteiger partial charge in [0.25, 0.3) is 0 Å². The molecule has 1 atom stereocenters. The van der Waals surface area contributed by atoms with Crippen LogP contribution in [0.2, 0.25) is 10.0 Å². The number of hydrogen-bond acceptors (Lipinski definition) is 2. The Morgan fingerprint density at radius 3 is 2.53 bits per heavy atom. The molecule has 2 rings (SSSR count). The predicted molar refractivity (Wildman–Crippen MR) is 68.4 cm³/mol. The first-order chi connectivity index (χ1) is 8.08. The molecule has 90 valence electrons. The molecule has 3 nitrogen and oxygen atoms in total. The second-order valence-corrected chi connectivity index (χ2v) is 4.66. The number of aliphatic hydroxyl groups is 1. The van der Waals surface area contributed by atoms with E-state index in [9.17, 15) is 5.11 Å². The van der Waals surface area contributed by atoms with Crippen LogP contribution in [0.3, 0.4) is 0 Å². The summed E-state index contributed by atoms with van der Waals surface area (Å²) in [5.74, 6) is 0. The van der Waals surface area contributed by atoms with E-state index in [0.29, 0.717) is 16.6 Å². The van der Waals surface area contributed by atoms with Crippen molar-refractivity contribution in [3.63, 3.8) is 0 Å². The van der Waals surface area contributed by atoms with Gasteiger partial charge in [0.2, 0.25) is 0 Å². The second kappa shape index (κ2) is 5.08. The molecule has 0 amide bonds. The summed E-state index contributed by atoms with van der Waals surface area (Å²) >= 11 is 12.1. The smallest absolute Gasteiger partial charge is 0.0792 e. The van der Waals surface area contributed by atoms with E-state index in [4.69, 9.17) is 23.2 Å². The average molecular weight is 271 g/mol. The van der Waals surface area contributed by atoms with E-state index in [1.54, 1.807) is 42.2 Å². The minimum absolute atomic E-state index is 0.491. The fourth-order valence-electron chi connectivity index (χ4n) is 1.53. The summed E-state index contributed by atoms with van der Waals surface area (Å²) in [4.78, 5) is 0. The quantitative estimate of drug-likeness (QED) is 0.930. The summed E-state index contributed by atoms with van der Waals surface area (Å²) in [6, 6.07) is 5.39. The molecule has 0 aliphatic heterocycles. The van der Waals surface area contributed by atoms with E-state index in [-0.39, 0.29) is 0 Å². The third kappa shape index (κ3) is 2.80. The molecule has 2 aromatic rings. The number of rotatable bonds is 3. The zero-order valence-electron chi connectivity index (χ0n) is 9.27. The van der Waals surface area contributed by atoms with Gasteiger partial charge in [-0.15, -0.1) is 0 Å². The molecular weight excluding hydrogens is 259 g/mol. The maximum atomic E-state index is 9.41. The van der Waals surface area contributed by atoms with Crippen molar-refractivity contribution in [2.45, 2.75) is 19.6 Å². The van der Waals surface area contributed by atoms with Crippen molar-refractivity contribution in [2.24, 2.45) is 0 Å². The Kier molecular flexibility index (Phi) is 3.72. The number of nitrogens with zero attached hydrogens (tertiary/aromatic N) is 2. The van der Waals surface area contributed by atoms with Gasteiger partial charge in [0.1, 0.15) is 0 Å². The number of aromatic nitrogens is 2. The molecule has 1 aromatic carbocycles. The van der Waals surface area contributed by atoms with Crippen molar-refractivity contribution in [1.29, 1.82) is 0 Å². The number of benzene rings is 1. The molecule has 0 saturated carbocycles. The molecular formula is C12H12Cl2N2O. The number of halogens is 2. The van der Waals surface area contributed by atoms with Gasteiger partial charge in [-0.2, -0.15) is 5.10 Å². The lowest BCUT2D eigenvalue weighted by molar-refractivity contribution is 0.199. The Hall–Kier alpha value is -1.03. The monoisotopic (exact) mass is 270 g/mol. The minimum atomic E-state index is -0.523. The van der Waals surface area contributed by atoms with Crippen molar-refractivity contribution in [1.82, 2.24) is 9.78 Å². The lowest BCUT2D eigenvalue weighted by atomic mass is 10.2. The number of aliphatic hydroxyl groups excluding tert-OH is 1. The van der Waals surface area contributed by atoms with Gasteiger partial charge in [-0.25, -0.2) is 0 Å². The summed E-state index contributed by atoms with van der Waals surface area (Å²) in [5.41, 5.74) is 1.60. The summed E-state index contributed by atoms with van der Waals surface area (Å²) in [5, 5.41) is 14.8. The molecule has 1 unspecified atom stereocenters. The molecule has 0 radical (unpaired) electrons. The highest BCUT2D eigenvalue weighted by Crippen LogP contribution is 2.25. The van der Waals surface area contributed by atoms with Crippen LogP contribution in [0.5, 0.6) is 0 Å². The number of hydrogen-bond donors (Lipinski definition) is 1. The Labute approximate surface area is 110 Å². The molecule has 0 spiro atoms. The Morgan fingerprint density at radius 2 is 2.00 bits per heavy atom. The van der Waals surface area contributed by atoms with Crippen molar-refractivity contribution in [2.75, 3.05) is 0 Å². The molecule has 1 heterocycles. The van der Waals surface area contributed by atoms with Crippen LogP contribution in [-0.2, 0) is 6.54 Å². The highest BCUT2D eigenvalue weighted by molar-refractivity contribution is 6.35. The van der Waals surface area contributed by atoms with Crippen molar-refractivity contribution < 1.29 is 5.11 Å². The van der Waals surface area contributed by atoms with Gasteiger partial charge in [-0.05, 0) is 19.1 Å². The van der Waals surface area contributed by atoms with Crippen LogP contribution in [0.15, 0.2) is 30.6 Å². The average Bonchev–Trinajstić information content (AvgIpc) is 2.72. The third-order valence-corrected chi connectivity index (χ3v) is 3.23. The van der Waals surface area contributed by atoms with Gasteiger partial charge in [0.15, 0.2) is 0 Å². The molecule has 1 N–H and O–H groups in total. The Morgan fingerprint density at radius 1 is 1.35 bits per heavy atom. The van der Waals surface area contributed by atoms with Gasteiger partial charge < -0.3 is 5.11 Å². The van der Waals surface area contributed by atoms with E-state index >= 15 is 0 Å². The normalized spacial score (nSPS) is 12.7. The van der Waals surface area contributed by atoms with E-state index in [2.05, 4.69) is 5.10 Å². The molecule has 0 aliphatic carbocycles. The van der Waals surface area contributed by atoms with E-state index in [0.717, 1.165) is 11.1 Å². The zero-order chi connectivity index (χ0) is 12.4. The summed E-state index contributed by atoms with van der Waals surface area (Å²) < 4.78 is 1.70. The highest BCUT2D eigenvalue weighted by Gasteiger charge is 2.08. The molecule has 17 heavy (non-hydrogen) atoms. The largest absolute Gasteiger partial charge is 0.389 e. The minimum Gasteiger partial charge on any atom is -0.389 e. The maximum Gasteiger partial charge on any atom is 0.0792 e. The van der Waals surface area contributed by atoms with E-state index in [1.807, 2.05) is 0 Å². The first-order valence-corrected chi connectivity index (χ1v) is 5.97. The van der Waals surface area contributed by atoms with Gasteiger partial charge in [0.05, 0.1) is 18.8 Å². The van der Waals surface area contributed by atoms with Crippen molar-refractivity contribution >= 4 is 23.2 Å². The fraction of sp³-hybridized carbons (Fsp3) is 0.250.